The Bertz CT molecular complexity index is 667. The second-order valence-electron chi connectivity index (χ2n) is 6.24. The molecule has 26 heavy (non-hydrogen) atoms. The molecule has 5 nitrogen and oxygen atoms in total. The van der Waals surface area contributed by atoms with Crippen LogP contribution in [0.2, 0.25) is 0 Å². The molecule has 1 amide bonds. The largest absolute Gasteiger partial charge is 0.326 e. The van der Waals surface area contributed by atoms with E-state index in [0.29, 0.717) is 25.2 Å². The third-order valence-corrected chi connectivity index (χ3v) is 9.46. The number of anilines is 1. The van der Waals surface area contributed by atoms with Crippen LogP contribution in [0.4, 0.5) is 5.69 Å². The zero-order valence-electron chi connectivity index (χ0n) is 15.4. The van der Waals surface area contributed by atoms with Crippen LogP contribution in [0.5, 0.6) is 0 Å². The Balaban J connectivity index is 1.79. The fourth-order valence-electron chi connectivity index (χ4n) is 2.87. The fourth-order valence-corrected chi connectivity index (χ4v) is 7.35. The van der Waals surface area contributed by atoms with E-state index in [0.717, 1.165) is 18.1 Å². The van der Waals surface area contributed by atoms with Gasteiger partial charge in [0, 0.05) is 36.2 Å². The van der Waals surface area contributed by atoms with Crippen molar-refractivity contribution in [3.63, 3.8) is 0 Å². The van der Waals surface area contributed by atoms with Crippen LogP contribution in [0.3, 0.4) is 0 Å². The summed E-state index contributed by atoms with van der Waals surface area (Å²) in [6.45, 7) is 4.52. The lowest BCUT2D eigenvalue weighted by Gasteiger charge is -2.18. The van der Waals surface area contributed by atoms with Gasteiger partial charge in [-0.05, 0) is 43.5 Å². The number of rotatable bonds is 10. The number of nitrogens with zero attached hydrogens (tertiary/aromatic N) is 1. The summed E-state index contributed by atoms with van der Waals surface area (Å²) < 4.78 is 26.3. The van der Waals surface area contributed by atoms with E-state index in [2.05, 4.69) is 5.32 Å². The van der Waals surface area contributed by atoms with Crippen LogP contribution in [0.1, 0.15) is 46.0 Å². The third-order valence-electron chi connectivity index (χ3n) is 4.39. The lowest BCUT2D eigenvalue weighted by molar-refractivity contribution is -0.116. The molecular formula is C18H28N2O3S3. The Morgan fingerprint density at radius 2 is 1.88 bits per heavy atom. The summed E-state index contributed by atoms with van der Waals surface area (Å²) in [4.78, 5) is 12.3. The van der Waals surface area contributed by atoms with Crippen molar-refractivity contribution in [1.82, 2.24) is 4.31 Å². The molecule has 8 heteroatoms. The van der Waals surface area contributed by atoms with Crippen molar-refractivity contribution in [2.45, 2.75) is 56.1 Å². The predicted octanol–water partition coefficient (Wildman–Crippen LogP) is 4.37. The molecule has 1 aromatic carbocycles. The van der Waals surface area contributed by atoms with E-state index in [1.165, 1.54) is 22.9 Å². The lowest BCUT2D eigenvalue weighted by atomic mass is 10.1. The van der Waals surface area contributed by atoms with Crippen molar-refractivity contribution in [3.8, 4) is 0 Å². The van der Waals surface area contributed by atoms with Gasteiger partial charge in [-0.25, -0.2) is 8.42 Å². The summed E-state index contributed by atoms with van der Waals surface area (Å²) in [6.07, 6.45) is 4.94. The number of carbonyl (C=O) groups is 1. The Labute approximate surface area is 165 Å². The molecule has 1 aliphatic rings. The van der Waals surface area contributed by atoms with E-state index in [-0.39, 0.29) is 10.8 Å². The molecule has 0 aromatic heterocycles. The van der Waals surface area contributed by atoms with E-state index in [9.17, 15) is 13.2 Å². The van der Waals surface area contributed by atoms with Crippen molar-refractivity contribution < 1.29 is 13.2 Å². The fraction of sp³-hybridized carbons (Fsp3) is 0.611. The van der Waals surface area contributed by atoms with Gasteiger partial charge in [0.1, 0.15) is 0 Å². The number of sulfonamides is 1. The third kappa shape index (κ3) is 6.18. The van der Waals surface area contributed by atoms with E-state index >= 15 is 0 Å². The molecule has 0 saturated carbocycles. The topological polar surface area (TPSA) is 66.5 Å². The Morgan fingerprint density at radius 1 is 1.19 bits per heavy atom. The molecule has 2 rings (SSSR count). The number of benzene rings is 1. The van der Waals surface area contributed by atoms with Gasteiger partial charge in [0.25, 0.3) is 0 Å². The van der Waals surface area contributed by atoms with Crippen molar-refractivity contribution in [3.05, 3.63) is 24.3 Å². The van der Waals surface area contributed by atoms with Crippen LogP contribution < -0.4 is 5.32 Å². The highest BCUT2D eigenvalue weighted by Gasteiger charge is 2.21. The maximum atomic E-state index is 12.4. The van der Waals surface area contributed by atoms with E-state index in [1.807, 2.05) is 35.4 Å². The van der Waals surface area contributed by atoms with Crippen LogP contribution in [0.15, 0.2) is 29.2 Å². The first-order valence-electron chi connectivity index (χ1n) is 9.15. The van der Waals surface area contributed by atoms with Gasteiger partial charge < -0.3 is 5.32 Å². The summed E-state index contributed by atoms with van der Waals surface area (Å²) in [5.74, 6) is 1.23. The molecule has 1 atom stereocenters. The summed E-state index contributed by atoms with van der Waals surface area (Å²) in [5, 5.41) is 3.60. The van der Waals surface area contributed by atoms with Gasteiger partial charge in [-0.3, -0.25) is 4.79 Å². The molecule has 0 unspecified atom stereocenters. The smallest absolute Gasteiger partial charge is 0.243 e. The summed E-state index contributed by atoms with van der Waals surface area (Å²) >= 11 is 0. The highest BCUT2D eigenvalue weighted by molar-refractivity contribution is 8.77. The zero-order chi connectivity index (χ0) is 19.0. The zero-order valence-corrected chi connectivity index (χ0v) is 17.9. The Morgan fingerprint density at radius 3 is 2.46 bits per heavy atom. The van der Waals surface area contributed by atoms with Crippen LogP contribution in [0.25, 0.3) is 0 Å². The van der Waals surface area contributed by atoms with Crippen molar-refractivity contribution in [2.75, 3.05) is 24.2 Å². The van der Waals surface area contributed by atoms with Crippen LogP contribution in [-0.2, 0) is 14.8 Å². The molecule has 0 radical (unpaired) electrons. The number of nitrogens with one attached hydrogen (secondary N) is 1. The Kier molecular flexibility index (Phi) is 8.79. The lowest BCUT2D eigenvalue weighted by Crippen LogP contribution is -2.30. The van der Waals surface area contributed by atoms with E-state index in [1.54, 1.807) is 24.3 Å². The first-order chi connectivity index (χ1) is 12.5. The van der Waals surface area contributed by atoms with Gasteiger partial charge in [-0.1, -0.05) is 41.9 Å². The van der Waals surface area contributed by atoms with Crippen molar-refractivity contribution in [2.24, 2.45) is 0 Å². The minimum Gasteiger partial charge on any atom is -0.326 e. The second-order valence-corrected chi connectivity index (χ2v) is 11.0. The molecule has 1 heterocycles. The minimum absolute atomic E-state index is 0.0159. The first-order valence-corrected chi connectivity index (χ1v) is 13.0. The molecule has 0 bridgehead atoms. The van der Waals surface area contributed by atoms with Gasteiger partial charge in [0.2, 0.25) is 15.9 Å². The highest BCUT2D eigenvalue weighted by atomic mass is 33.1. The van der Waals surface area contributed by atoms with Gasteiger partial charge in [0.05, 0.1) is 4.90 Å². The number of amides is 1. The number of unbranched alkanes of at least 4 members (excludes halogenated alkanes) is 1. The maximum absolute atomic E-state index is 12.4. The molecule has 146 valence electrons. The van der Waals surface area contributed by atoms with Gasteiger partial charge in [-0.2, -0.15) is 4.31 Å². The van der Waals surface area contributed by atoms with Gasteiger partial charge in [0.15, 0.2) is 0 Å². The van der Waals surface area contributed by atoms with Gasteiger partial charge >= 0.3 is 0 Å². The molecular weight excluding hydrogens is 388 g/mol. The SMILES string of the molecule is CCN(CC)S(=O)(=O)c1ccc(NC(=O)CCCC[C@H]2CCSS2)cc1. The molecule has 1 N–H and O–H groups in total. The van der Waals surface area contributed by atoms with Crippen molar-refractivity contribution in [1.29, 1.82) is 0 Å². The van der Waals surface area contributed by atoms with Crippen molar-refractivity contribution >= 4 is 43.2 Å². The Hall–Kier alpha value is -0.700. The molecule has 0 aliphatic carbocycles. The monoisotopic (exact) mass is 416 g/mol. The number of hydrogen-bond acceptors (Lipinski definition) is 5. The van der Waals surface area contributed by atoms with Crippen LogP contribution >= 0.6 is 21.6 Å². The molecule has 1 fully saturated rings. The second kappa shape index (κ2) is 10.6. The minimum atomic E-state index is -3.46. The average molecular weight is 417 g/mol. The molecule has 1 saturated heterocycles. The average Bonchev–Trinajstić information content (AvgIpc) is 3.13. The quantitative estimate of drug-likeness (QED) is 0.453. The first kappa shape index (κ1) is 21.6. The molecule has 1 aliphatic heterocycles. The molecule has 0 spiro atoms. The standard InChI is InChI=1S/C18H28N2O3S3/c1-3-20(4-2)26(22,23)17-11-9-15(10-12-17)19-18(21)8-6-5-7-16-13-14-24-25-16/h9-12,16H,3-8,13-14H2,1-2H3,(H,19,21)/t16-/m0/s1. The van der Waals surface area contributed by atoms with Crippen LogP contribution in [-0.4, -0.2) is 42.7 Å². The normalized spacial score (nSPS) is 17.6. The summed E-state index contributed by atoms with van der Waals surface area (Å²) in [6, 6.07) is 6.41. The maximum Gasteiger partial charge on any atom is 0.243 e. The summed E-state index contributed by atoms with van der Waals surface area (Å²) in [5.41, 5.74) is 0.635. The number of hydrogen-bond donors (Lipinski definition) is 1. The number of carbonyl (C=O) groups excluding carboxylic acids is 1. The predicted molar refractivity (Wildman–Crippen MR) is 112 cm³/mol. The molecule has 1 aromatic rings. The van der Waals surface area contributed by atoms with E-state index < -0.39 is 10.0 Å². The van der Waals surface area contributed by atoms with Gasteiger partial charge in [-0.15, -0.1) is 0 Å². The highest BCUT2D eigenvalue weighted by Crippen LogP contribution is 2.39. The van der Waals surface area contributed by atoms with Crippen LogP contribution in [0, 0.1) is 0 Å². The summed E-state index contributed by atoms with van der Waals surface area (Å²) in [7, 11) is 0.468. The van der Waals surface area contributed by atoms with E-state index in [4.69, 9.17) is 0 Å².